The van der Waals surface area contributed by atoms with Crippen molar-refractivity contribution in [1.29, 1.82) is 0 Å². The molecule has 4 aromatic rings. The van der Waals surface area contributed by atoms with E-state index < -0.39 is 6.09 Å². The molecule has 5 nitrogen and oxygen atoms in total. The number of imidazole rings is 1. The van der Waals surface area contributed by atoms with Crippen LogP contribution in [0.3, 0.4) is 0 Å². The van der Waals surface area contributed by atoms with Gasteiger partial charge in [-0.3, -0.25) is 0 Å². The van der Waals surface area contributed by atoms with Gasteiger partial charge in [0.25, 0.3) is 0 Å². The van der Waals surface area contributed by atoms with Crippen molar-refractivity contribution >= 4 is 63.5 Å². The average Bonchev–Trinajstić information content (AvgIpc) is 3.13. The van der Waals surface area contributed by atoms with E-state index >= 15 is 0 Å². The number of benzene rings is 3. The zero-order valence-corrected chi connectivity index (χ0v) is 18.9. The summed E-state index contributed by atoms with van der Waals surface area (Å²) in [6.45, 7) is 0.323. The number of carbonyl (C=O) groups excluding carboxylic acids is 1. The van der Waals surface area contributed by atoms with E-state index in [0.717, 1.165) is 5.56 Å². The lowest BCUT2D eigenvalue weighted by atomic mass is 10.1. The number of halogens is 4. The normalized spacial score (nSPS) is 11.0. The summed E-state index contributed by atoms with van der Waals surface area (Å²) in [7, 11) is 0. The third-order valence-electron chi connectivity index (χ3n) is 4.57. The average molecular weight is 495 g/mol. The molecule has 31 heavy (non-hydrogen) atoms. The van der Waals surface area contributed by atoms with Gasteiger partial charge >= 0.3 is 6.09 Å². The number of H-pyrrole nitrogens is 1. The van der Waals surface area contributed by atoms with Crippen molar-refractivity contribution in [1.82, 2.24) is 15.3 Å². The lowest BCUT2D eigenvalue weighted by molar-refractivity contribution is 0.200. The number of hydrogen-bond acceptors (Lipinski definition) is 3. The van der Waals surface area contributed by atoms with E-state index in [0.29, 0.717) is 61.2 Å². The van der Waals surface area contributed by atoms with E-state index in [1.165, 1.54) is 0 Å². The fourth-order valence-corrected chi connectivity index (χ4v) is 4.26. The van der Waals surface area contributed by atoms with Crippen LogP contribution in [0.25, 0.3) is 22.4 Å². The number of fused-ring (bicyclic) bond motifs is 1. The summed E-state index contributed by atoms with van der Waals surface area (Å²) in [6, 6.07) is 15.6. The van der Waals surface area contributed by atoms with Gasteiger partial charge in [0.1, 0.15) is 11.6 Å². The van der Waals surface area contributed by atoms with E-state index in [1.807, 2.05) is 0 Å². The predicted molar refractivity (Wildman–Crippen MR) is 126 cm³/mol. The number of aromatic nitrogens is 2. The molecule has 0 atom stereocenters. The van der Waals surface area contributed by atoms with Gasteiger partial charge in [0, 0.05) is 22.7 Å². The molecule has 0 bridgehead atoms. The highest BCUT2D eigenvalue weighted by Gasteiger charge is 2.14. The Bertz CT molecular complexity index is 1230. The van der Waals surface area contributed by atoms with Crippen molar-refractivity contribution < 1.29 is 9.53 Å². The highest BCUT2D eigenvalue weighted by Crippen LogP contribution is 2.34. The second-order valence-electron chi connectivity index (χ2n) is 6.63. The van der Waals surface area contributed by atoms with E-state index in [1.54, 1.807) is 54.6 Å². The molecular weight excluding hydrogens is 480 g/mol. The molecule has 0 fully saturated rings. The van der Waals surface area contributed by atoms with E-state index in [2.05, 4.69) is 15.3 Å². The molecule has 0 aliphatic rings. The van der Waals surface area contributed by atoms with Crippen LogP contribution in [0.1, 0.15) is 5.56 Å². The number of hydrogen-bond donors (Lipinski definition) is 2. The number of carbonyl (C=O) groups is 1. The molecule has 9 heteroatoms. The SMILES string of the molecule is O=C(NCCc1c(Cl)cccc1Cl)Oc1ccc2nc(-c3c(Cl)cccc3Cl)[nH]c2c1. The first kappa shape index (κ1) is 21.8. The lowest BCUT2D eigenvalue weighted by Gasteiger charge is -2.09. The maximum atomic E-state index is 12.2. The summed E-state index contributed by atoms with van der Waals surface area (Å²) < 4.78 is 5.37. The number of aromatic amines is 1. The van der Waals surface area contributed by atoms with Crippen LogP contribution in [-0.2, 0) is 6.42 Å². The molecule has 0 saturated carbocycles. The maximum absolute atomic E-state index is 12.2. The lowest BCUT2D eigenvalue weighted by Crippen LogP contribution is -2.28. The van der Waals surface area contributed by atoms with Gasteiger partial charge < -0.3 is 15.0 Å². The number of amides is 1. The molecule has 0 aliphatic heterocycles. The summed E-state index contributed by atoms with van der Waals surface area (Å²) in [6.07, 6.45) is -0.105. The first-order valence-electron chi connectivity index (χ1n) is 9.25. The van der Waals surface area contributed by atoms with Crippen molar-refractivity contribution in [2.75, 3.05) is 6.54 Å². The Labute approximate surface area is 198 Å². The molecule has 0 radical (unpaired) electrons. The monoisotopic (exact) mass is 493 g/mol. The summed E-state index contributed by atoms with van der Waals surface area (Å²) in [4.78, 5) is 19.8. The van der Waals surface area contributed by atoms with Gasteiger partial charge in [-0.2, -0.15) is 0 Å². The zero-order chi connectivity index (χ0) is 22.0. The van der Waals surface area contributed by atoms with Crippen molar-refractivity contribution in [3.8, 4) is 17.1 Å². The van der Waals surface area contributed by atoms with Crippen molar-refractivity contribution in [2.45, 2.75) is 6.42 Å². The number of rotatable bonds is 5. The predicted octanol–water partition coefficient (Wildman–Crippen LogP) is 7.17. The summed E-state index contributed by atoms with van der Waals surface area (Å²) in [5.41, 5.74) is 2.75. The quantitative estimate of drug-likeness (QED) is 0.309. The number of ether oxygens (including phenoxy) is 1. The van der Waals surface area contributed by atoms with E-state index in [9.17, 15) is 4.79 Å². The molecule has 0 saturated heterocycles. The molecule has 0 aliphatic carbocycles. The Morgan fingerprint density at radius 2 is 1.58 bits per heavy atom. The van der Waals surface area contributed by atoms with Crippen molar-refractivity contribution in [3.05, 3.63) is 80.3 Å². The fourth-order valence-electron chi connectivity index (χ4n) is 3.10. The minimum atomic E-state index is -0.587. The largest absolute Gasteiger partial charge is 0.412 e. The molecule has 4 rings (SSSR count). The van der Waals surface area contributed by atoms with Crippen LogP contribution >= 0.6 is 46.4 Å². The second-order valence-corrected chi connectivity index (χ2v) is 8.26. The standard InChI is InChI=1S/C22H15Cl4N3O2/c23-14-3-1-4-15(24)13(14)9-10-27-22(30)31-12-7-8-18-19(11-12)29-21(28-18)20-16(25)5-2-6-17(20)26/h1-8,11H,9-10H2,(H,27,30)(H,28,29). The smallest absolute Gasteiger partial charge is 0.410 e. The molecule has 1 aromatic heterocycles. The van der Waals surface area contributed by atoms with Crippen LogP contribution in [0.2, 0.25) is 20.1 Å². The van der Waals surface area contributed by atoms with Crippen LogP contribution < -0.4 is 10.1 Å². The first-order valence-corrected chi connectivity index (χ1v) is 10.8. The Morgan fingerprint density at radius 3 is 2.26 bits per heavy atom. The maximum Gasteiger partial charge on any atom is 0.412 e. The van der Waals surface area contributed by atoms with Gasteiger partial charge in [0.05, 0.1) is 26.6 Å². The van der Waals surface area contributed by atoms with Gasteiger partial charge in [0.15, 0.2) is 0 Å². The van der Waals surface area contributed by atoms with Gasteiger partial charge in [-0.15, -0.1) is 0 Å². The molecule has 1 heterocycles. The van der Waals surface area contributed by atoms with Gasteiger partial charge in [-0.25, -0.2) is 9.78 Å². The Balaban J connectivity index is 1.43. The van der Waals surface area contributed by atoms with Crippen LogP contribution in [0.5, 0.6) is 5.75 Å². The fraction of sp³-hybridized carbons (Fsp3) is 0.0909. The van der Waals surface area contributed by atoms with Gasteiger partial charge in [-0.1, -0.05) is 58.5 Å². The minimum absolute atomic E-state index is 0.323. The van der Waals surface area contributed by atoms with Crippen molar-refractivity contribution in [2.24, 2.45) is 0 Å². The molecule has 158 valence electrons. The third kappa shape index (κ3) is 4.91. The highest BCUT2D eigenvalue weighted by atomic mass is 35.5. The molecule has 0 spiro atoms. The van der Waals surface area contributed by atoms with E-state index in [4.69, 9.17) is 51.1 Å². The van der Waals surface area contributed by atoms with Crippen molar-refractivity contribution in [3.63, 3.8) is 0 Å². The Hall–Kier alpha value is -2.44. The second kappa shape index (κ2) is 9.37. The van der Waals surface area contributed by atoms with Gasteiger partial charge in [0.2, 0.25) is 0 Å². The molecule has 1 amide bonds. The summed E-state index contributed by atoms with van der Waals surface area (Å²) in [5, 5.41) is 4.78. The third-order valence-corrected chi connectivity index (χ3v) is 5.91. The molecule has 2 N–H and O–H groups in total. The summed E-state index contributed by atoms with van der Waals surface area (Å²) >= 11 is 24.8. The van der Waals surface area contributed by atoms with Crippen LogP contribution in [0.4, 0.5) is 4.79 Å². The molecule has 0 unspecified atom stereocenters. The van der Waals surface area contributed by atoms with Crippen LogP contribution in [0.15, 0.2) is 54.6 Å². The number of nitrogens with one attached hydrogen (secondary N) is 2. The molecular formula is C22H15Cl4N3O2. The zero-order valence-electron chi connectivity index (χ0n) is 15.9. The van der Waals surface area contributed by atoms with Crippen LogP contribution in [-0.4, -0.2) is 22.6 Å². The Morgan fingerprint density at radius 1 is 0.935 bits per heavy atom. The summed E-state index contributed by atoms with van der Waals surface area (Å²) in [5.74, 6) is 0.894. The molecule has 3 aromatic carbocycles. The minimum Gasteiger partial charge on any atom is -0.410 e. The topological polar surface area (TPSA) is 67.0 Å². The highest BCUT2D eigenvalue weighted by molar-refractivity contribution is 6.39. The van der Waals surface area contributed by atoms with Gasteiger partial charge in [-0.05, 0) is 48.4 Å². The van der Waals surface area contributed by atoms with Crippen LogP contribution in [0, 0.1) is 0 Å². The first-order chi connectivity index (χ1) is 14.9. The van der Waals surface area contributed by atoms with E-state index in [-0.39, 0.29) is 0 Å². The Kier molecular flexibility index (Phi) is 6.58. The number of nitrogens with zero attached hydrogens (tertiary/aromatic N) is 1.